The molecule has 98 valence electrons. The quantitative estimate of drug-likeness (QED) is 0.814. The van der Waals surface area contributed by atoms with Crippen molar-refractivity contribution in [3.63, 3.8) is 0 Å². The lowest BCUT2D eigenvalue weighted by molar-refractivity contribution is -0.0533. The fraction of sp³-hybridized carbons (Fsp3) is 1.00. The van der Waals surface area contributed by atoms with E-state index in [2.05, 4.69) is 4.90 Å². The van der Waals surface area contributed by atoms with E-state index < -0.39 is 0 Å². The summed E-state index contributed by atoms with van der Waals surface area (Å²) >= 11 is 0. The van der Waals surface area contributed by atoms with Gasteiger partial charge in [0.15, 0.2) is 0 Å². The first kappa shape index (κ1) is 11.9. The van der Waals surface area contributed by atoms with Crippen LogP contribution in [0.3, 0.4) is 0 Å². The maximum Gasteiger partial charge on any atom is 0.0707 e. The molecule has 2 atom stereocenters. The molecule has 2 unspecified atom stereocenters. The van der Waals surface area contributed by atoms with Gasteiger partial charge < -0.3 is 10.5 Å². The summed E-state index contributed by atoms with van der Waals surface area (Å²) in [5.41, 5.74) is 6.51. The van der Waals surface area contributed by atoms with E-state index >= 15 is 0 Å². The molecule has 0 aromatic rings. The third kappa shape index (κ3) is 2.51. The van der Waals surface area contributed by atoms with Gasteiger partial charge in [0.2, 0.25) is 0 Å². The van der Waals surface area contributed by atoms with Gasteiger partial charge in [-0.1, -0.05) is 19.3 Å². The van der Waals surface area contributed by atoms with E-state index in [9.17, 15) is 0 Å². The molecule has 0 radical (unpaired) electrons. The third-order valence-electron chi connectivity index (χ3n) is 5.03. The van der Waals surface area contributed by atoms with Gasteiger partial charge in [0, 0.05) is 19.6 Å². The molecule has 2 N–H and O–H groups in total. The number of nitrogens with zero attached hydrogens (tertiary/aromatic N) is 1. The first-order valence-electron chi connectivity index (χ1n) is 7.38. The Balaban J connectivity index is 1.61. The number of morpholine rings is 1. The van der Waals surface area contributed by atoms with Crippen LogP contribution >= 0.6 is 0 Å². The largest absolute Gasteiger partial charge is 0.372 e. The summed E-state index contributed by atoms with van der Waals surface area (Å²) in [6.45, 7) is 4.40. The maximum absolute atomic E-state index is 6.08. The van der Waals surface area contributed by atoms with Crippen molar-refractivity contribution >= 4 is 0 Å². The van der Waals surface area contributed by atoms with Crippen molar-refractivity contribution in [1.82, 2.24) is 4.90 Å². The van der Waals surface area contributed by atoms with E-state index in [1.165, 1.54) is 51.5 Å². The lowest BCUT2D eigenvalue weighted by atomic mass is 9.73. The Hall–Kier alpha value is -0.120. The fourth-order valence-electron chi connectivity index (χ4n) is 4.03. The molecule has 2 bridgehead atoms. The molecule has 3 fully saturated rings. The van der Waals surface area contributed by atoms with Crippen molar-refractivity contribution in [2.24, 2.45) is 11.1 Å². The normalized spacial score (nSPS) is 37.2. The summed E-state index contributed by atoms with van der Waals surface area (Å²) in [7, 11) is 0. The van der Waals surface area contributed by atoms with E-state index in [1.807, 2.05) is 0 Å². The minimum Gasteiger partial charge on any atom is -0.372 e. The highest BCUT2D eigenvalue weighted by molar-refractivity contribution is 4.91. The second kappa shape index (κ2) is 4.87. The topological polar surface area (TPSA) is 38.5 Å². The smallest absolute Gasteiger partial charge is 0.0707 e. The van der Waals surface area contributed by atoms with Crippen molar-refractivity contribution in [3.8, 4) is 0 Å². The van der Waals surface area contributed by atoms with Crippen LogP contribution < -0.4 is 5.73 Å². The van der Waals surface area contributed by atoms with Gasteiger partial charge >= 0.3 is 0 Å². The molecular weight excluding hydrogens is 212 g/mol. The van der Waals surface area contributed by atoms with Crippen molar-refractivity contribution in [3.05, 3.63) is 0 Å². The van der Waals surface area contributed by atoms with Crippen LogP contribution in [-0.2, 0) is 4.74 Å². The average molecular weight is 238 g/mol. The van der Waals surface area contributed by atoms with Crippen LogP contribution in [0, 0.1) is 5.41 Å². The lowest BCUT2D eigenvalue weighted by Crippen LogP contribution is -2.50. The number of likely N-dealkylation sites (tertiary alicyclic amines) is 1. The zero-order chi connectivity index (χ0) is 11.7. The second-order valence-corrected chi connectivity index (χ2v) is 6.42. The highest BCUT2D eigenvalue weighted by atomic mass is 16.5. The maximum atomic E-state index is 6.08. The van der Waals surface area contributed by atoms with Crippen molar-refractivity contribution < 1.29 is 4.74 Å². The van der Waals surface area contributed by atoms with Crippen LogP contribution in [0.25, 0.3) is 0 Å². The molecule has 2 saturated heterocycles. The van der Waals surface area contributed by atoms with Crippen LogP contribution in [0.2, 0.25) is 0 Å². The molecule has 0 aromatic heterocycles. The SMILES string of the molecule is NCC1(CN2CC3CCC(C2)O3)CCCCC1. The summed E-state index contributed by atoms with van der Waals surface area (Å²) in [5.74, 6) is 0. The lowest BCUT2D eigenvalue weighted by Gasteiger charge is -2.43. The highest BCUT2D eigenvalue weighted by Gasteiger charge is 2.38. The van der Waals surface area contributed by atoms with Crippen molar-refractivity contribution in [1.29, 1.82) is 0 Å². The fourth-order valence-corrected chi connectivity index (χ4v) is 4.03. The monoisotopic (exact) mass is 238 g/mol. The molecule has 3 rings (SSSR count). The van der Waals surface area contributed by atoms with Crippen LogP contribution in [-0.4, -0.2) is 43.3 Å². The van der Waals surface area contributed by atoms with Gasteiger partial charge in [-0.2, -0.15) is 0 Å². The van der Waals surface area contributed by atoms with E-state index in [0.717, 1.165) is 19.6 Å². The first-order valence-corrected chi connectivity index (χ1v) is 7.38. The number of hydrogen-bond acceptors (Lipinski definition) is 3. The molecule has 0 aromatic carbocycles. The zero-order valence-corrected chi connectivity index (χ0v) is 10.9. The summed E-state index contributed by atoms with van der Waals surface area (Å²) in [5, 5.41) is 0. The summed E-state index contributed by atoms with van der Waals surface area (Å²) in [6, 6.07) is 0. The molecular formula is C14H26N2O. The molecule has 3 aliphatic rings. The molecule has 1 saturated carbocycles. The highest BCUT2D eigenvalue weighted by Crippen LogP contribution is 2.37. The second-order valence-electron chi connectivity index (χ2n) is 6.42. The van der Waals surface area contributed by atoms with Gasteiger partial charge in [-0.05, 0) is 37.6 Å². The summed E-state index contributed by atoms with van der Waals surface area (Å²) in [6.07, 6.45) is 10.5. The first-order chi connectivity index (χ1) is 8.30. The number of nitrogens with two attached hydrogens (primary N) is 1. The Morgan fingerprint density at radius 2 is 1.71 bits per heavy atom. The van der Waals surface area contributed by atoms with E-state index in [0.29, 0.717) is 17.6 Å². The van der Waals surface area contributed by atoms with Gasteiger partial charge in [-0.25, -0.2) is 0 Å². The molecule has 3 heteroatoms. The van der Waals surface area contributed by atoms with Gasteiger partial charge in [0.05, 0.1) is 12.2 Å². The minimum absolute atomic E-state index is 0.426. The number of ether oxygens (including phenoxy) is 1. The van der Waals surface area contributed by atoms with E-state index in [-0.39, 0.29) is 0 Å². The third-order valence-corrected chi connectivity index (χ3v) is 5.03. The summed E-state index contributed by atoms with van der Waals surface area (Å²) < 4.78 is 5.91. The van der Waals surface area contributed by atoms with Gasteiger partial charge in [0.25, 0.3) is 0 Å². The molecule has 1 aliphatic carbocycles. The van der Waals surface area contributed by atoms with E-state index in [4.69, 9.17) is 10.5 Å². The molecule has 2 heterocycles. The Kier molecular flexibility index (Phi) is 3.42. The van der Waals surface area contributed by atoms with Gasteiger partial charge in [-0.15, -0.1) is 0 Å². The van der Waals surface area contributed by atoms with Crippen LogP contribution in [0.15, 0.2) is 0 Å². The molecule has 2 aliphatic heterocycles. The van der Waals surface area contributed by atoms with Crippen LogP contribution in [0.5, 0.6) is 0 Å². The predicted octanol–water partition coefficient (Wildman–Crippen LogP) is 1.76. The standard InChI is InChI=1S/C14H26N2O/c15-10-14(6-2-1-3-7-14)11-16-8-12-4-5-13(9-16)17-12/h12-13H,1-11,15H2. The van der Waals surface area contributed by atoms with Crippen LogP contribution in [0.1, 0.15) is 44.9 Å². The number of rotatable bonds is 3. The van der Waals surface area contributed by atoms with Crippen LogP contribution in [0.4, 0.5) is 0 Å². The number of hydrogen-bond donors (Lipinski definition) is 1. The Morgan fingerprint density at radius 3 is 2.29 bits per heavy atom. The Labute approximate surface area is 105 Å². The minimum atomic E-state index is 0.426. The van der Waals surface area contributed by atoms with Crippen molar-refractivity contribution in [2.45, 2.75) is 57.2 Å². The molecule has 17 heavy (non-hydrogen) atoms. The molecule has 0 amide bonds. The Bertz CT molecular complexity index is 251. The van der Waals surface area contributed by atoms with Gasteiger partial charge in [0.1, 0.15) is 0 Å². The number of fused-ring (bicyclic) bond motifs is 2. The Morgan fingerprint density at radius 1 is 1.06 bits per heavy atom. The zero-order valence-electron chi connectivity index (χ0n) is 10.9. The van der Waals surface area contributed by atoms with Crippen molar-refractivity contribution in [2.75, 3.05) is 26.2 Å². The summed E-state index contributed by atoms with van der Waals surface area (Å²) in [4.78, 5) is 2.64. The predicted molar refractivity (Wildman–Crippen MR) is 68.9 cm³/mol. The van der Waals surface area contributed by atoms with Gasteiger partial charge in [-0.3, -0.25) is 4.90 Å². The average Bonchev–Trinajstić information content (AvgIpc) is 2.70. The molecule has 3 nitrogen and oxygen atoms in total. The van der Waals surface area contributed by atoms with E-state index in [1.54, 1.807) is 0 Å². The molecule has 0 spiro atoms.